The molecule has 0 bridgehead atoms. The Hall–Kier alpha value is -1.69. The van der Waals surface area contributed by atoms with E-state index in [0.29, 0.717) is 12.3 Å². The van der Waals surface area contributed by atoms with Gasteiger partial charge in [0.15, 0.2) is 0 Å². The molecular formula is C3HN3O3S. The van der Waals surface area contributed by atoms with Gasteiger partial charge in [-0.15, -0.1) is 10.5 Å². The first kappa shape index (κ1) is 11.2. The van der Waals surface area contributed by atoms with Crippen molar-refractivity contribution in [2.24, 2.45) is 0 Å². The van der Waals surface area contributed by atoms with Crippen LogP contribution in [0.5, 0.6) is 0 Å². The van der Waals surface area contributed by atoms with Crippen molar-refractivity contribution < 1.29 is 13.2 Å². The fourth-order valence-electron chi connectivity index (χ4n) is 0.0474. The first-order valence-electron chi connectivity index (χ1n) is 1.64. The number of rotatable bonds is 2. The van der Waals surface area contributed by atoms with Crippen LogP contribution in [0.1, 0.15) is 0 Å². The summed E-state index contributed by atoms with van der Waals surface area (Å²) in [4.78, 5) is 8.35. The molecule has 0 aromatic carbocycles. The predicted molar refractivity (Wildman–Crippen MR) is 29.4 cm³/mol. The highest BCUT2D eigenvalue weighted by molar-refractivity contribution is 7.90. The van der Waals surface area contributed by atoms with Crippen molar-refractivity contribution in [1.29, 1.82) is 15.9 Å². The molecule has 0 aliphatic heterocycles. The Morgan fingerprint density at radius 3 is 1.80 bits per heavy atom. The molecule has 0 heterocycles. The molecule has 0 saturated heterocycles. The largest absolute Gasteiger partial charge is 0.316 e. The van der Waals surface area contributed by atoms with E-state index in [2.05, 4.69) is 8.37 Å². The van der Waals surface area contributed by atoms with E-state index in [1.807, 2.05) is 0 Å². The molecule has 0 aliphatic rings. The molecule has 0 unspecified atom stereocenters. The first-order valence-corrected chi connectivity index (χ1v) is 2.31. The maximum atomic E-state index is 8.35. The molecule has 0 atom stereocenters. The highest BCUT2D eigenvalue weighted by Gasteiger charge is 1.80. The smallest absolute Gasteiger partial charge is 0.311 e. The lowest BCUT2D eigenvalue weighted by molar-refractivity contribution is 0.485. The number of hydrogen-bond acceptors (Lipinski definition) is 7. The van der Waals surface area contributed by atoms with Crippen LogP contribution < -0.4 is 0 Å². The van der Waals surface area contributed by atoms with Crippen LogP contribution in [0.25, 0.3) is 0 Å². The van der Waals surface area contributed by atoms with Gasteiger partial charge in [0.05, 0.1) is 0 Å². The van der Waals surface area contributed by atoms with Gasteiger partial charge in [0.25, 0.3) is 0 Å². The van der Waals surface area contributed by atoms with Crippen molar-refractivity contribution in [1.82, 2.24) is 0 Å². The van der Waals surface area contributed by atoms with Crippen LogP contribution in [-0.4, -0.2) is 6.08 Å². The molecule has 0 rings (SSSR count). The second-order valence-electron chi connectivity index (χ2n) is 0.519. The van der Waals surface area contributed by atoms with E-state index >= 15 is 0 Å². The van der Waals surface area contributed by atoms with Gasteiger partial charge in [-0.25, -0.2) is 10.2 Å². The third-order valence-electron chi connectivity index (χ3n) is 0.143. The summed E-state index contributed by atoms with van der Waals surface area (Å²) in [6, 6.07) is 0. The van der Waals surface area contributed by atoms with Gasteiger partial charge in [-0.3, -0.25) is 0 Å². The number of isocyanates is 1. The Morgan fingerprint density at radius 2 is 1.60 bits per heavy atom. The highest BCUT2D eigenvalue weighted by atomic mass is 32.2. The van der Waals surface area contributed by atoms with Crippen LogP contribution in [0.2, 0.25) is 0 Å². The van der Waals surface area contributed by atoms with Crippen LogP contribution in [-0.2, 0) is 13.2 Å². The zero-order valence-corrected chi connectivity index (χ0v) is 5.34. The van der Waals surface area contributed by atoms with E-state index < -0.39 is 0 Å². The molecular weight excluding hydrogens is 158 g/mol. The maximum Gasteiger partial charge on any atom is 0.316 e. The van der Waals surface area contributed by atoms with Gasteiger partial charge >= 0.3 is 24.8 Å². The SMILES string of the molecule is N#COSOC#N.N=C=O. The van der Waals surface area contributed by atoms with Gasteiger partial charge in [-0.05, 0) is 0 Å². The van der Waals surface area contributed by atoms with Gasteiger partial charge in [0.1, 0.15) is 0 Å². The Labute approximate surface area is 60.9 Å². The number of hydrogen-bond donors (Lipinski definition) is 1. The predicted octanol–water partition coefficient (Wildman–Crippen LogP) is 0.446. The molecule has 0 spiro atoms. The normalized spacial score (nSPS) is 4.60. The van der Waals surface area contributed by atoms with Gasteiger partial charge in [-0.2, -0.15) is 0 Å². The molecule has 10 heavy (non-hydrogen) atoms. The molecule has 0 saturated carbocycles. The maximum absolute atomic E-state index is 8.35. The monoisotopic (exact) mass is 159 g/mol. The van der Waals surface area contributed by atoms with E-state index in [-0.39, 0.29) is 0 Å². The minimum absolute atomic E-state index is 0.331. The minimum atomic E-state index is 0.331. The van der Waals surface area contributed by atoms with Crippen molar-refractivity contribution in [2.75, 3.05) is 0 Å². The number of carbonyl (C=O) groups excluding carboxylic acids is 1. The lowest BCUT2D eigenvalue weighted by Crippen LogP contribution is -1.64. The quantitative estimate of drug-likeness (QED) is 0.206. The molecule has 0 aromatic heterocycles. The van der Waals surface area contributed by atoms with Crippen molar-refractivity contribution in [3.8, 4) is 12.5 Å². The summed E-state index contributed by atoms with van der Waals surface area (Å²) in [5.41, 5.74) is 0. The zero-order chi connectivity index (χ0) is 8.24. The number of nitrogens with zero attached hydrogens (tertiary/aromatic N) is 2. The summed E-state index contributed by atoms with van der Waals surface area (Å²) in [5, 5.41) is 20.6. The summed E-state index contributed by atoms with van der Waals surface area (Å²) in [6.45, 7) is 0. The summed E-state index contributed by atoms with van der Waals surface area (Å²) in [7, 11) is 0. The first-order chi connectivity index (χ1) is 4.83. The fraction of sp³-hybridized carbons (Fsp3) is 0. The van der Waals surface area contributed by atoms with Gasteiger partial charge in [0, 0.05) is 0 Å². The lowest BCUT2D eigenvalue weighted by Gasteiger charge is -1.79. The van der Waals surface area contributed by atoms with Crippen molar-refractivity contribution in [3.63, 3.8) is 0 Å². The molecule has 6 nitrogen and oxygen atoms in total. The second kappa shape index (κ2) is 15.7. The second-order valence-corrected chi connectivity index (χ2v) is 0.989. The van der Waals surface area contributed by atoms with Crippen molar-refractivity contribution >= 4 is 18.4 Å². The Balaban J connectivity index is 0. The molecule has 0 aliphatic carbocycles. The zero-order valence-electron chi connectivity index (χ0n) is 4.53. The third-order valence-corrected chi connectivity index (χ3v) is 0.428. The van der Waals surface area contributed by atoms with Crippen LogP contribution in [0.15, 0.2) is 0 Å². The van der Waals surface area contributed by atoms with Crippen LogP contribution in [0.4, 0.5) is 0 Å². The van der Waals surface area contributed by atoms with E-state index in [1.165, 1.54) is 12.5 Å². The van der Waals surface area contributed by atoms with Gasteiger partial charge < -0.3 is 8.37 Å². The van der Waals surface area contributed by atoms with Gasteiger partial charge in [0.2, 0.25) is 6.08 Å². The Kier molecular flexibility index (Phi) is 17.5. The average Bonchev–Trinajstić information content (AvgIpc) is 1.91. The average molecular weight is 159 g/mol. The molecule has 0 aromatic rings. The Bertz CT molecular complexity index is 160. The van der Waals surface area contributed by atoms with Crippen molar-refractivity contribution in [2.45, 2.75) is 0 Å². The topological polar surface area (TPSA) is 107 Å². The molecule has 0 fully saturated rings. The minimum Gasteiger partial charge on any atom is -0.311 e. The molecule has 7 heteroatoms. The van der Waals surface area contributed by atoms with Crippen LogP contribution in [0.3, 0.4) is 0 Å². The molecule has 0 radical (unpaired) electrons. The van der Waals surface area contributed by atoms with E-state index in [4.69, 9.17) is 20.7 Å². The highest BCUT2D eigenvalue weighted by Crippen LogP contribution is 1.98. The van der Waals surface area contributed by atoms with Gasteiger partial charge in [-0.1, -0.05) is 0 Å². The Morgan fingerprint density at radius 1 is 1.30 bits per heavy atom. The van der Waals surface area contributed by atoms with Crippen molar-refractivity contribution in [3.05, 3.63) is 0 Å². The third kappa shape index (κ3) is 33.3. The summed E-state index contributed by atoms with van der Waals surface area (Å²) in [5.74, 6) is 0. The van der Waals surface area contributed by atoms with Crippen LogP contribution >= 0.6 is 12.3 Å². The van der Waals surface area contributed by atoms with Crippen LogP contribution in [0, 0.1) is 28.4 Å². The fourth-order valence-corrected chi connectivity index (χ4v) is 0.142. The molecule has 0 amide bonds. The summed E-state index contributed by atoms with van der Waals surface area (Å²) < 4.78 is 7.70. The van der Waals surface area contributed by atoms with E-state index in [9.17, 15) is 0 Å². The molecule has 1 N–H and O–H groups in total. The number of nitrogens with one attached hydrogen (secondary N) is 1. The lowest BCUT2D eigenvalue weighted by atomic mass is 11.6. The molecule has 52 valence electrons. The standard InChI is InChI=1S/C2N2O2S.CHNO/c3-1-5-7-6-2-4;2-1-3/h;2H. The summed E-state index contributed by atoms with van der Waals surface area (Å²) >= 11 is 0.331. The van der Waals surface area contributed by atoms with E-state index in [0.717, 1.165) is 6.08 Å². The summed E-state index contributed by atoms with van der Waals surface area (Å²) in [6.07, 6.45) is 3.33. The number of nitriles is 2. The van der Waals surface area contributed by atoms with E-state index in [1.54, 1.807) is 0 Å².